The number of carbonyl (C=O) groups excluding carboxylic acids is 2. The molecule has 214 valence electrons. The Morgan fingerprint density at radius 3 is 2.00 bits per heavy atom. The van der Waals surface area contributed by atoms with E-state index in [1.807, 2.05) is 6.92 Å². The predicted molar refractivity (Wildman–Crippen MR) is 160 cm³/mol. The van der Waals surface area contributed by atoms with E-state index in [2.05, 4.69) is 73.0 Å². The van der Waals surface area contributed by atoms with Crippen molar-refractivity contribution < 1.29 is 24.2 Å². The van der Waals surface area contributed by atoms with Crippen LogP contribution in [-0.2, 0) is 14.3 Å². The van der Waals surface area contributed by atoms with Crippen LogP contribution < -0.4 is 5.32 Å². The second kappa shape index (κ2) is 23.7. The minimum atomic E-state index is -0.627. The van der Waals surface area contributed by atoms with E-state index in [9.17, 15) is 14.7 Å². The number of rotatable bonds is 21. The van der Waals surface area contributed by atoms with Gasteiger partial charge in [0.25, 0.3) is 0 Å². The number of phenols is 1. The van der Waals surface area contributed by atoms with Gasteiger partial charge in [0.1, 0.15) is 24.0 Å². The third-order valence-electron chi connectivity index (χ3n) is 5.66. The van der Waals surface area contributed by atoms with Gasteiger partial charge in [-0.3, -0.25) is 4.79 Å². The third kappa shape index (κ3) is 17.7. The first-order valence-corrected chi connectivity index (χ1v) is 14.2. The SMILES string of the molecule is CC/C=C\C/C=C\C/C=C\C/C=C\C/C=C\CCCCOC(CC)C(=O)NCCOC(=O)c1ccccc1O. The van der Waals surface area contributed by atoms with E-state index in [-0.39, 0.29) is 30.4 Å². The lowest BCUT2D eigenvalue weighted by atomic mass is 10.2. The molecule has 0 fully saturated rings. The zero-order valence-corrected chi connectivity index (χ0v) is 23.7. The van der Waals surface area contributed by atoms with Crippen molar-refractivity contribution in [3.63, 3.8) is 0 Å². The van der Waals surface area contributed by atoms with E-state index in [0.717, 1.165) is 51.4 Å². The van der Waals surface area contributed by atoms with Gasteiger partial charge in [0.15, 0.2) is 0 Å². The molecule has 0 saturated carbocycles. The van der Waals surface area contributed by atoms with E-state index in [0.29, 0.717) is 13.0 Å². The number of para-hydroxylation sites is 1. The maximum atomic E-state index is 12.3. The molecule has 0 saturated heterocycles. The first-order chi connectivity index (χ1) is 19.1. The molecule has 0 bridgehead atoms. The number of nitrogens with one attached hydrogen (secondary N) is 1. The average Bonchev–Trinajstić information content (AvgIpc) is 2.94. The maximum Gasteiger partial charge on any atom is 0.341 e. The monoisotopic (exact) mass is 537 g/mol. The minimum absolute atomic E-state index is 0.0165. The highest BCUT2D eigenvalue weighted by Crippen LogP contribution is 2.16. The van der Waals surface area contributed by atoms with Crippen LogP contribution in [-0.4, -0.2) is 42.8 Å². The summed E-state index contributed by atoms with van der Waals surface area (Å²) in [5.41, 5.74) is 0.100. The van der Waals surface area contributed by atoms with Crippen molar-refractivity contribution in [2.45, 2.75) is 77.7 Å². The molecule has 0 heterocycles. The molecule has 1 atom stereocenters. The van der Waals surface area contributed by atoms with Crippen LogP contribution in [0.2, 0.25) is 0 Å². The average molecular weight is 538 g/mol. The Kier molecular flexibility index (Phi) is 20.5. The Morgan fingerprint density at radius 2 is 1.41 bits per heavy atom. The van der Waals surface area contributed by atoms with Crippen LogP contribution in [0.15, 0.2) is 85.0 Å². The molecule has 0 spiro atoms. The molecule has 1 rings (SSSR count). The Morgan fingerprint density at radius 1 is 0.821 bits per heavy atom. The molecule has 1 aromatic carbocycles. The van der Waals surface area contributed by atoms with Crippen molar-refractivity contribution in [2.24, 2.45) is 0 Å². The van der Waals surface area contributed by atoms with Crippen molar-refractivity contribution >= 4 is 11.9 Å². The van der Waals surface area contributed by atoms with E-state index >= 15 is 0 Å². The number of unbranched alkanes of at least 4 members (excludes halogenated alkanes) is 2. The Hall–Kier alpha value is -3.38. The van der Waals surface area contributed by atoms with Crippen LogP contribution >= 0.6 is 0 Å². The molecule has 6 nitrogen and oxygen atoms in total. The van der Waals surface area contributed by atoms with Gasteiger partial charge < -0.3 is 19.9 Å². The fourth-order valence-electron chi connectivity index (χ4n) is 3.49. The Bertz CT molecular complexity index is 945. The Labute approximate surface area is 235 Å². The number of esters is 1. The molecule has 0 aliphatic carbocycles. The topological polar surface area (TPSA) is 84.9 Å². The fourth-order valence-corrected chi connectivity index (χ4v) is 3.49. The second-order valence-corrected chi connectivity index (χ2v) is 8.92. The van der Waals surface area contributed by atoms with Gasteiger partial charge in [-0.05, 0) is 69.9 Å². The predicted octanol–water partition coefficient (Wildman–Crippen LogP) is 7.38. The molecule has 0 aliphatic heterocycles. The van der Waals surface area contributed by atoms with Crippen LogP contribution in [0.5, 0.6) is 5.75 Å². The Balaban J connectivity index is 2.05. The summed E-state index contributed by atoms with van der Waals surface area (Å²) in [5.74, 6) is -0.973. The summed E-state index contributed by atoms with van der Waals surface area (Å²) in [6, 6.07) is 6.18. The molecule has 0 radical (unpaired) electrons. The van der Waals surface area contributed by atoms with Gasteiger partial charge in [0.05, 0.1) is 6.54 Å². The first kappa shape index (κ1) is 33.6. The molecule has 2 N–H and O–H groups in total. The molecular weight excluding hydrogens is 490 g/mol. The van der Waals surface area contributed by atoms with Crippen LogP contribution in [0.25, 0.3) is 0 Å². The summed E-state index contributed by atoms with van der Waals surface area (Å²) in [7, 11) is 0. The molecule has 1 amide bonds. The molecule has 1 unspecified atom stereocenters. The lowest BCUT2D eigenvalue weighted by molar-refractivity contribution is -0.133. The van der Waals surface area contributed by atoms with Crippen LogP contribution in [0, 0.1) is 0 Å². The highest BCUT2D eigenvalue weighted by atomic mass is 16.5. The fraction of sp³-hybridized carbons (Fsp3) is 0.455. The zero-order chi connectivity index (χ0) is 28.4. The number of phenolic OH excluding ortho intramolecular Hbond substituents is 1. The number of aromatic hydroxyl groups is 1. The largest absolute Gasteiger partial charge is 0.507 e. The summed E-state index contributed by atoms with van der Waals surface area (Å²) in [5, 5.41) is 12.4. The summed E-state index contributed by atoms with van der Waals surface area (Å²) < 4.78 is 10.8. The van der Waals surface area contributed by atoms with Gasteiger partial charge in [-0.15, -0.1) is 0 Å². The van der Waals surface area contributed by atoms with Gasteiger partial charge >= 0.3 is 5.97 Å². The van der Waals surface area contributed by atoms with E-state index in [1.54, 1.807) is 12.1 Å². The number of amides is 1. The zero-order valence-electron chi connectivity index (χ0n) is 23.7. The quantitative estimate of drug-likeness (QED) is 0.0971. The molecule has 39 heavy (non-hydrogen) atoms. The normalized spacial score (nSPS) is 12.9. The number of carbonyl (C=O) groups is 2. The molecule has 0 aliphatic rings. The van der Waals surface area contributed by atoms with Crippen LogP contribution in [0.1, 0.15) is 82.0 Å². The van der Waals surface area contributed by atoms with Crippen molar-refractivity contribution in [1.82, 2.24) is 5.32 Å². The van der Waals surface area contributed by atoms with E-state index in [1.165, 1.54) is 12.1 Å². The lowest BCUT2D eigenvalue weighted by Gasteiger charge is -2.16. The third-order valence-corrected chi connectivity index (χ3v) is 5.66. The van der Waals surface area contributed by atoms with Crippen molar-refractivity contribution in [2.75, 3.05) is 19.8 Å². The number of benzene rings is 1. The highest BCUT2D eigenvalue weighted by Gasteiger charge is 2.17. The van der Waals surface area contributed by atoms with Crippen LogP contribution in [0.4, 0.5) is 0 Å². The number of ether oxygens (including phenoxy) is 2. The maximum absolute atomic E-state index is 12.3. The lowest BCUT2D eigenvalue weighted by Crippen LogP contribution is -2.38. The summed E-state index contributed by atoms with van der Waals surface area (Å²) in [6.45, 7) is 4.77. The highest BCUT2D eigenvalue weighted by molar-refractivity contribution is 5.92. The minimum Gasteiger partial charge on any atom is -0.507 e. The van der Waals surface area contributed by atoms with Gasteiger partial charge in [0, 0.05) is 6.61 Å². The molecule has 6 heteroatoms. The van der Waals surface area contributed by atoms with Gasteiger partial charge in [-0.25, -0.2) is 4.79 Å². The number of hydrogen-bond donors (Lipinski definition) is 2. The molecule has 1 aromatic rings. The second-order valence-electron chi connectivity index (χ2n) is 8.92. The van der Waals surface area contributed by atoms with Crippen molar-refractivity contribution in [3.05, 3.63) is 90.6 Å². The smallest absolute Gasteiger partial charge is 0.341 e. The van der Waals surface area contributed by atoms with Gasteiger partial charge in [-0.1, -0.05) is 86.7 Å². The summed E-state index contributed by atoms with van der Waals surface area (Å²) in [4.78, 5) is 24.3. The van der Waals surface area contributed by atoms with Crippen LogP contribution in [0.3, 0.4) is 0 Å². The van der Waals surface area contributed by atoms with Crippen molar-refractivity contribution in [1.29, 1.82) is 0 Å². The number of hydrogen-bond acceptors (Lipinski definition) is 5. The van der Waals surface area contributed by atoms with E-state index < -0.39 is 12.1 Å². The van der Waals surface area contributed by atoms with E-state index in [4.69, 9.17) is 9.47 Å². The molecular formula is C33H47NO5. The summed E-state index contributed by atoms with van der Waals surface area (Å²) >= 11 is 0. The molecule has 0 aromatic heterocycles. The first-order valence-electron chi connectivity index (χ1n) is 14.2. The van der Waals surface area contributed by atoms with Gasteiger partial charge in [0.2, 0.25) is 5.91 Å². The standard InChI is InChI=1S/C33H47NO5/c1-3-5-6-7-8-9-10-11-12-13-14-15-16-17-18-19-20-23-27-38-31(4-2)32(36)34-26-28-39-33(37)29-24-21-22-25-30(29)35/h5-6,8-9,11-12,14-15,17-18,21-22,24-25,31,35H,3-4,7,10,13,16,19-20,23,26-28H2,1-2H3,(H,34,36)/b6-5-,9-8-,12-11-,15-14-,18-17-. The van der Waals surface area contributed by atoms with Crippen molar-refractivity contribution in [3.8, 4) is 5.75 Å². The number of allylic oxidation sites excluding steroid dienone is 10. The summed E-state index contributed by atoms with van der Waals surface area (Å²) in [6.07, 6.45) is 29.9. The van der Waals surface area contributed by atoms with Gasteiger partial charge in [-0.2, -0.15) is 0 Å².